The summed E-state index contributed by atoms with van der Waals surface area (Å²) in [7, 11) is 3.19. The molecule has 1 heterocycles. The molecule has 47 heavy (non-hydrogen) atoms. The average molecular weight is 636 g/mol. The number of carbonyl (C=O) groups is 1. The van der Waals surface area contributed by atoms with Crippen molar-refractivity contribution in [3.8, 4) is 11.5 Å². The number of carbonyl (C=O) groups excluding carboxylic acids is 1. The van der Waals surface area contributed by atoms with Crippen molar-refractivity contribution in [2.24, 2.45) is 0 Å². The van der Waals surface area contributed by atoms with Gasteiger partial charge in [-0.25, -0.2) is 4.79 Å². The van der Waals surface area contributed by atoms with Gasteiger partial charge in [-0.1, -0.05) is 84.9 Å². The standard InChI is InChI=1S/C37H37N3O7/c1-25-22-40(36(44)39-35(25)43)23-33(41)38-32(34(42)26-10-6-4-7-11-26)24-47-37(27-12-8-5-9-13-27,28-14-18-30(45-2)19-15-28)29-16-20-31(46-3)21-17-29/h4-22,32,34,42H,23-24H2,1-3H3,(H,38,41)(H,39,43,44)/t32-,34-/m0/s1. The Kier molecular flexibility index (Phi) is 10.3. The van der Waals surface area contributed by atoms with Crippen molar-refractivity contribution < 1.29 is 24.1 Å². The van der Waals surface area contributed by atoms with E-state index in [1.54, 1.807) is 45.4 Å². The minimum absolute atomic E-state index is 0.145. The summed E-state index contributed by atoms with van der Waals surface area (Å²) in [5.41, 5.74) is 0.789. The number of amides is 1. The molecule has 0 bridgehead atoms. The van der Waals surface area contributed by atoms with Crippen LogP contribution in [0.5, 0.6) is 11.5 Å². The number of methoxy groups -OCH3 is 2. The Morgan fingerprint density at radius 1 is 0.809 bits per heavy atom. The minimum atomic E-state index is -1.20. The predicted octanol–water partition coefficient (Wildman–Crippen LogP) is 4.09. The van der Waals surface area contributed by atoms with Gasteiger partial charge in [-0.15, -0.1) is 0 Å². The lowest BCUT2D eigenvalue weighted by atomic mass is 9.80. The number of benzene rings is 4. The molecule has 4 aromatic carbocycles. The summed E-state index contributed by atoms with van der Waals surface area (Å²) in [6, 6.07) is 32.7. The molecular formula is C37H37N3O7. The molecule has 10 nitrogen and oxygen atoms in total. The van der Waals surface area contributed by atoms with Crippen molar-refractivity contribution in [3.05, 3.63) is 164 Å². The highest BCUT2D eigenvalue weighted by atomic mass is 16.5. The van der Waals surface area contributed by atoms with Crippen LogP contribution in [-0.4, -0.2) is 47.4 Å². The van der Waals surface area contributed by atoms with Gasteiger partial charge in [0, 0.05) is 11.8 Å². The van der Waals surface area contributed by atoms with Crippen LogP contribution in [0.25, 0.3) is 0 Å². The Balaban J connectivity index is 1.57. The number of hydrogen-bond acceptors (Lipinski definition) is 7. The van der Waals surface area contributed by atoms with Crippen molar-refractivity contribution in [2.45, 2.75) is 31.2 Å². The first-order chi connectivity index (χ1) is 22.7. The molecule has 0 radical (unpaired) electrons. The molecule has 0 fully saturated rings. The molecule has 0 spiro atoms. The Morgan fingerprint density at radius 2 is 1.32 bits per heavy atom. The normalized spacial score (nSPS) is 12.6. The summed E-state index contributed by atoms with van der Waals surface area (Å²) in [6.07, 6.45) is 0.155. The van der Waals surface area contributed by atoms with Crippen LogP contribution in [0, 0.1) is 6.92 Å². The van der Waals surface area contributed by atoms with Crippen LogP contribution in [-0.2, 0) is 21.7 Å². The number of aryl methyl sites for hydroxylation is 1. The van der Waals surface area contributed by atoms with E-state index in [1.807, 2.05) is 84.9 Å². The first-order valence-corrected chi connectivity index (χ1v) is 15.1. The highest BCUT2D eigenvalue weighted by molar-refractivity contribution is 5.76. The van der Waals surface area contributed by atoms with Crippen molar-refractivity contribution in [1.29, 1.82) is 0 Å². The summed E-state index contributed by atoms with van der Waals surface area (Å²) < 4.78 is 19.0. The molecule has 0 saturated carbocycles. The Bertz CT molecular complexity index is 1840. The average Bonchev–Trinajstić information content (AvgIpc) is 3.11. The van der Waals surface area contributed by atoms with Crippen LogP contribution in [0.15, 0.2) is 125 Å². The number of ether oxygens (including phenoxy) is 3. The number of aliphatic hydroxyl groups is 1. The third kappa shape index (κ3) is 7.35. The summed E-state index contributed by atoms with van der Waals surface area (Å²) in [6.45, 7) is 1.02. The number of hydrogen-bond donors (Lipinski definition) is 3. The van der Waals surface area contributed by atoms with Crippen molar-refractivity contribution in [3.63, 3.8) is 0 Å². The van der Waals surface area contributed by atoms with Crippen LogP contribution in [0.2, 0.25) is 0 Å². The van der Waals surface area contributed by atoms with E-state index in [-0.39, 0.29) is 18.7 Å². The molecule has 242 valence electrons. The first-order valence-electron chi connectivity index (χ1n) is 15.1. The van der Waals surface area contributed by atoms with Gasteiger partial charge in [0.1, 0.15) is 29.7 Å². The Labute approximate surface area is 272 Å². The number of aromatic nitrogens is 2. The van der Waals surface area contributed by atoms with Crippen molar-refractivity contribution in [1.82, 2.24) is 14.9 Å². The second kappa shape index (κ2) is 14.8. The maximum Gasteiger partial charge on any atom is 0.328 e. The van der Waals surface area contributed by atoms with Crippen LogP contribution in [0.1, 0.15) is 33.9 Å². The zero-order chi connectivity index (χ0) is 33.4. The lowest BCUT2D eigenvalue weighted by Gasteiger charge is -2.38. The van der Waals surface area contributed by atoms with E-state index >= 15 is 0 Å². The fourth-order valence-electron chi connectivity index (χ4n) is 5.53. The fraction of sp³-hybridized carbons (Fsp3) is 0.216. The van der Waals surface area contributed by atoms with Crippen molar-refractivity contribution >= 4 is 5.91 Å². The van der Waals surface area contributed by atoms with E-state index < -0.39 is 34.9 Å². The summed E-state index contributed by atoms with van der Waals surface area (Å²) in [5.74, 6) is 0.784. The first kappa shape index (κ1) is 32.9. The van der Waals surface area contributed by atoms with E-state index in [2.05, 4.69) is 10.3 Å². The number of aliphatic hydroxyl groups excluding tert-OH is 1. The highest BCUT2D eigenvalue weighted by Crippen LogP contribution is 2.42. The molecule has 0 aliphatic rings. The van der Waals surface area contributed by atoms with E-state index in [4.69, 9.17) is 14.2 Å². The van der Waals surface area contributed by atoms with E-state index in [0.29, 0.717) is 17.1 Å². The molecule has 1 aromatic heterocycles. The monoisotopic (exact) mass is 635 g/mol. The second-order valence-electron chi connectivity index (χ2n) is 11.0. The van der Waals surface area contributed by atoms with Crippen LogP contribution in [0.4, 0.5) is 0 Å². The number of nitrogens with zero attached hydrogens (tertiary/aromatic N) is 1. The molecule has 0 aliphatic heterocycles. The zero-order valence-corrected chi connectivity index (χ0v) is 26.4. The molecule has 1 amide bonds. The third-order valence-electron chi connectivity index (χ3n) is 8.02. The molecule has 5 rings (SSSR count). The molecule has 3 N–H and O–H groups in total. The van der Waals surface area contributed by atoms with E-state index in [9.17, 15) is 19.5 Å². The van der Waals surface area contributed by atoms with Gasteiger partial charge in [0.15, 0.2) is 0 Å². The maximum absolute atomic E-state index is 13.4. The van der Waals surface area contributed by atoms with E-state index in [1.165, 1.54) is 6.20 Å². The lowest BCUT2D eigenvalue weighted by molar-refractivity contribution is -0.124. The van der Waals surface area contributed by atoms with E-state index in [0.717, 1.165) is 21.3 Å². The topological polar surface area (TPSA) is 132 Å². The van der Waals surface area contributed by atoms with Crippen LogP contribution >= 0.6 is 0 Å². The molecule has 0 aliphatic carbocycles. The van der Waals surface area contributed by atoms with Crippen LogP contribution in [0.3, 0.4) is 0 Å². The summed E-state index contributed by atoms with van der Waals surface area (Å²) >= 11 is 0. The lowest BCUT2D eigenvalue weighted by Crippen LogP contribution is -2.47. The van der Waals surface area contributed by atoms with Gasteiger partial charge in [-0.2, -0.15) is 0 Å². The fourth-order valence-corrected chi connectivity index (χ4v) is 5.53. The SMILES string of the molecule is COc1ccc(C(OC[C@H](NC(=O)Cn2cc(C)c(=O)[nH]c2=O)[C@@H](O)c2ccccc2)(c2ccccc2)c2ccc(OC)cc2)cc1. The second-order valence-corrected chi connectivity index (χ2v) is 11.0. The Morgan fingerprint density at radius 3 is 1.85 bits per heavy atom. The number of nitrogens with one attached hydrogen (secondary N) is 2. The molecule has 0 saturated heterocycles. The smallest absolute Gasteiger partial charge is 0.328 e. The highest BCUT2D eigenvalue weighted by Gasteiger charge is 2.39. The van der Waals surface area contributed by atoms with Crippen molar-refractivity contribution in [2.75, 3.05) is 20.8 Å². The quantitative estimate of drug-likeness (QED) is 0.166. The molecule has 10 heteroatoms. The zero-order valence-electron chi connectivity index (χ0n) is 26.4. The molecule has 2 atom stereocenters. The maximum atomic E-state index is 13.4. The minimum Gasteiger partial charge on any atom is -0.497 e. The number of aromatic amines is 1. The van der Waals surface area contributed by atoms with Gasteiger partial charge in [0.2, 0.25) is 5.91 Å². The van der Waals surface area contributed by atoms with Gasteiger partial charge < -0.3 is 24.6 Å². The molecular weight excluding hydrogens is 598 g/mol. The summed E-state index contributed by atoms with van der Waals surface area (Å²) in [4.78, 5) is 39.9. The third-order valence-corrected chi connectivity index (χ3v) is 8.02. The Hall–Kier alpha value is -5.45. The van der Waals surface area contributed by atoms with Crippen LogP contribution < -0.4 is 26.0 Å². The predicted molar refractivity (Wildman–Crippen MR) is 178 cm³/mol. The summed E-state index contributed by atoms with van der Waals surface area (Å²) in [5, 5.41) is 14.5. The van der Waals surface area contributed by atoms with Gasteiger partial charge >= 0.3 is 5.69 Å². The number of H-pyrrole nitrogens is 1. The molecule has 5 aromatic rings. The largest absolute Gasteiger partial charge is 0.497 e. The van der Waals surface area contributed by atoms with Gasteiger partial charge in [-0.3, -0.25) is 19.1 Å². The molecule has 0 unspecified atom stereocenters. The van der Waals surface area contributed by atoms with Gasteiger partial charge in [0.25, 0.3) is 5.56 Å². The van der Waals surface area contributed by atoms with Gasteiger partial charge in [-0.05, 0) is 53.4 Å². The number of rotatable bonds is 13. The van der Waals surface area contributed by atoms with Gasteiger partial charge in [0.05, 0.1) is 26.9 Å².